The van der Waals surface area contributed by atoms with E-state index in [0.29, 0.717) is 12.1 Å². The van der Waals surface area contributed by atoms with Crippen LogP contribution < -0.4 is 10.2 Å². The molecule has 0 saturated carbocycles. The van der Waals surface area contributed by atoms with Crippen LogP contribution in [0.4, 0.5) is 5.69 Å². The molecule has 0 aliphatic heterocycles. The average Bonchev–Trinajstić information content (AvgIpc) is 2.34. The highest BCUT2D eigenvalue weighted by molar-refractivity contribution is 6.21. The Bertz CT molecular complexity index is 452. The van der Waals surface area contributed by atoms with E-state index in [0.717, 1.165) is 12.1 Å². The molecule has 0 bridgehead atoms. The molecule has 0 aliphatic rings. The summed E-state index contributed by atoms with van der Waals surface area (Å²) in [6.07, 6.45) is 0.868. The quantitative estimate of drug-likeness (QED) is 0.843. The molecular formula is C16H25ClN2O. The second-order valence-electron chi connectivity index (χ2n) is 6.52. The normalized spacial score (nSPS) is 12.9. The van der Waals surface area contributed by atoms with E-state index in [2.05, 4.69) is 26.1 Å². The van der Waals surface area contributed by atoms with E-state index in [1.54, 1.807) is 0 Å². The molecule has 112 valence electrons. The monoisotopic (exact) mass is 296 g/mol. The Morgan fingerprint density at radius 1 is 1.35 bits per heavy atom. The van der Waals surface area contributed by atoms with Gasteiger partial charge in [0.05, 0.1) is 5.38 Å². The van der Waals surface area contributed by atoms with E-state index < -0.39 is 0 Å². The summed E-state index contributed by atoms with van der Waals surface area (Å²) in [5, 5.41) is 2.85. The fourth-order valence-electron chi connectivity index (χ4n) is 1.97. The first kappa shape index (κ1) is 16.8. The number of nitrogens with zero attached hydrogens (tertiary/aromatic N) is 1. The van der Waals surface area contributed by atoms with Crippen LogP contribution in [0, 0.1) is 5.41 Å². The first-order valence-electron chi connectivity index (χ1n) is 6.89. The van der Waals surface area contributed by atoms with Gasteiger partial charge in [0.2, 0.25) is 0 Å². The zero-order valence-electron chi connectivity index (χ0n) is 13.0. The molecule has 4 heteroatoms. The molecule has 1 rings (SSSR count). The van der Waals surface area contributed by atoms with Gasteiger partial charge in [-0.3, -0.25) is 4.79 Å². The van der Waals surface area contributed by atoms with E-state index in [4.69, 9.17) is 11.6 Å². The summed E-state index contributed by atoms with van der Waals surface area (Å²) in [4.78, 5) is 14.1. The SMILES string of the molecule is CN(C)c1cccc(C(=O)NCC(Cl)CC(C)(C)C)c1. The van der Waals surface area contributed by atoms with Crippen molar-refractivity contribution in [2.75, 3.05) is 25.5 Å². The highest BCUT2D eigenvalue weighted by Gasteiger charge is 2.17. The molecule has 0 aliphatic carbocycles. The van der Waals surface area contributed by atoms with Crippen LogP contribution in [-0.2, 0) is 0 Å². The van der Waals surface area contributed by atoms with E-state index in [1.165, 1.54) is 0 Å². The maximum absolute atomic E-state index is 12.1. The van der Waals surface area contributed by atoms with Crippen molar-refractivity contribution in [2.45, 2.75) is 32.6 Å². The predicted molar refractivity (Wildman–Crippen MR) is 86.8 cm³/mol. The second kappa shape index (κ2) is 6.98. The largest absolute Gasteiger partial charge is 0.378 e. The van der Waals surface area contributed by atoms with Gasteiger partial charge in [-0.05, 0) is 30.0 Å². The number of nitrogens with one attached hydrogen (secondary N) is 1. The van der Waals surface area contributed by atoms with Crippen LogP contribution in [0.5, 0.6) is 0 Å². The minimum Gasteiger partial charge on any atom is -0.378 e. The lowest BCUT2D eigenvalue weighted by molar-refractivity contribution is 0.0952. The van der Waals surface area contributed by atoms with Crippen LogP contribution in [0.3, 0.4) is 0 Å². The predicted octanol–water partition coefficient (Wildman–Crippen LogP) is 3.53. The molecule has 0 fully saturated rings. The van der Waals surface area contributed by atoms with Gasteiger partial charge in [-0.25, -0.2) is 0 Å². The lowest BCUT2D eigenvalue weighted by Crippen LogP contribution is -2.31. The number of carbonyl (C=O) groups is 1. The molecule has 20 heavy (non-hydrogen) atoms. The Hall–Kier alpha value is -1.22. The van der Waals surface area contributed by atoms with E-state index in [9.17, 15) is 4.79 Å². The number of anilines is 1. The number of alkyl halides is 1. The van der Waals surface area contributed by atoms with Gasteiger partial charge in [0.25, 0.3) is 5.91 Å². The summed E-state index contributed by atoms with van der Waals surface area (Å²) in [6, 6.07) is 7.55. The number of hydrogen-bond donors (Lipinski definition) is 1. The van der Waals surface area contributed by atoms with Crippen LogP contribution >= 0.6 is 11.6 Å². The van der Waals surface area contributed by atoms with Gasteiger partial charge in [0.15, 0.2) is 0 Å². The fraction of sp³-hybridized carbons (Fsp3) is 0.562. The number of benzene rings is 1. The standard InChI is InChI=1S/C16H25ClN2O/c1-16(2,3)10-13(17)11-18-15(20)12-7-6-8-14(9-12)19(4)5/h6-9,13H,10-11H2,1-5H3,(H,18,20). The Labute approximate surface area is 127 Å². The van der Waals surface area contributed by atoms with E-state index in [-0.39, 0.29) is 16.7 Å². The lowest BCUT2D eigenvalue weighted by atomic mass is 9.90. The smallest absolute Gasteiger partial charge is 0.251 e. The number of halogens is 1. The van der Waals surface area contributed by atoms with Crippen molar-refractivity contribution < 1.29 is 4.79 Å². The van der Waals surface area contributed by atoms with Gasteiger partial charge < -0.3 is 10.2 Å². The molecule has 0 heterocycles. The van der Waals surface area contributed by atoms with Crippen LogP contribution in [0.25, 0.3) is 0 Å². The van der Waals surface area contributed by atoms with E-state index >= 15 is 0 Å². The Morgan fingerprint density at radius 2 is 2.00 bits per heavy atom. The van der Waals surface area contributed by atoms with Crippen molar-refractivity contribution in [1.82, 2.24) is 5.32 Å². The third-order valence-corrected chi connectivity index (χ3v) is 3.25. The molecule has 0 radical (unpaired) electrons. The zero-order chi connectivity index (χ0) is 15.3. The molecule has 1 atom stereocenters. The van der Waals surface area contributed by atoms with Gasteiger partial charge in [0, 0.05) is 31.9 Å². The summed E-state index contributed by atoms with van der Waals surface area (Å²) < 4.78 is 0. The number of amides is 1. The van der Waals surface area contributed by atoms with Crippen LogP contribution in [0.1, 0.15) is 37.6 Å². The highest BCUT2D eigenvalue weighted by atomic mass is 35.5. The van der Waals surface area contributed by atoms with Gasteiger partial charge >= 0.3 is 0 Å². The van der Waals surface area contributed by atoms with Crippen LogP contribution in [-0.4, -0.2) is 31.9 Å². The van der Waals surface area contributed by atoms with Gasteiger partial charge in [-0.1, -0.05) is 26.8 Å². The van der Waals surface area contributed by atoms with Crippen molar-refractivity contribution in [2.24, 2.45) is 5.41 Å². The van der Waals surface area contributed by atoms with Gasteiger partial charge in [-0.2, -0.15) is 0 Å². The molecule has 0 aromatic heterocycles. The summed E-state index contributed by atoms with van der Waals surface area (Å²) in [5.41, 5.74) is 1.84. The Balaban J connectivity index is 2.57. The van der Waals surface area contributed by atoms with Crippen molar-refractivity contribution in [3.8, 4) is 0 Å². The number of carbonyl (C=O) groups excluding carboxylic acids is 1. The van der Waals surface area contributed by atoms with E-state index in [1.807, 2.05) is 43.3 Å². The fourth-order valence-corrected chi connectivity index (χ4v) is 2.51. The summed E-state index contributed by atoms with van der Waals surface area (Å²) >= 11 is 6.26. The van der Waals surface area contributed by atoms with Crippen molar-refractivity contribution in [1.29, 1.82) is 0 Å². The molecule has 1 aromatic carbocycles. The third-order valence-electron chi connectivity index (χ3n) is 2.94. The Morgan fingerprint density at radius 3 is 2.55 bits per heavy atom. The highest BCUT2D eigenvalue weighted by Crippen LogP contribution is 2.23. The number of hydrogen-bond acceptors (Lipinski definition) is 2. The van der Waals surface area contributed by atoms with Crippen molar-refractivity contribution in [3.05, 3.63) is 29.8 Å². The minimum absolute atomic E-state index is 0.0454. The molecule has 1 aromatic rings. The maximum atomic E-state index is 12.1. The molecule has 1 amide bonds. The second-order valence-corrected chi connectivity index (χ2v) is 7.13. The molecule has 0 spiro atoms. The maximum Gasteiger partial charge on any atom is 0.251 e. The summed E-state index contributed by atoms with van der Waals surface area (Å²) in [5.74, 6) is -0.0757. The van der Waals surface area contributed by atoms with Gasteiger partial charge in [-0.15, -0.1) is 11.6 Å². The first-order valence-corrected chi connectivity index (χ1v) is 7.32. The third kappa shape index (κ3) is 5.83. The van der Waals surface area contributed by atoms with Gasteiger partial charge in [0.1, 0.15) is 0 Å². The zero-order valence-corrected chi connectivity index (χ0v) is 13.8. The summed E-state index contributed by atoms with van der Waals surface area (Å²) in [6.45, 7) is 6.92. The summed E-state index contributed by atoms with van der Waals surface area (Å²) in [7, 11) is 3.91. The Kier molecular flexibility index (Phi) is 5.88. The minimum atomic E-state index is -0.0757. The lowest BCUT2D eigenvalue weighted by Gasteiger charge is -2.22. The molecule has 1 N–H and O–H groups in total. The topological polar surface area (TPSA) is 32.3 Å². The molecule has 1 unspecified atom stereocenters. The molecule has 0 saturated heterocycles. The number of rotatable bonds is 5. The van der Waals surface area contributed by atoms with Crippen molar-refractivity contribution in [3.63, 3.8) is 0 Å². The molecule has 3 nitrogen and oxygen atoms in total. The van der Waals surface area contributed by atoms with Crippen LogP contribution in [0.2, 0.25) is 0 Å². The average molecular weight is 297 g/mol. The van der Waals surface area contributed by atoms with Crippen molar-refractivity contribution >= 4 is 23.2 Å². The molecular weight excluding hydrogens is 272 g/mol. The first-order chi connectivity index (χ1) is 9.19. The van der Waals surface area contributed by atoms with Crippen LogP contribution in [0.15, 0.2) is 24.3 Å².